The van der Waals surface area contributed by atoms with Crippen LogP contribution in [0.15, 0.2) is 65.5 Å². The molecule has 5 aromatic rings. The summed E-state index contributed by atoms with van der Waals surface area (Å²) in [5, 5.41) is 0.634. The number of halogens is 3. The van der Waals surface area contributed by atoms with Crippen molar-refractivity contribution in [1.82, 2.24) is 29.4 Å². The molecule has 5 heterocycles. The Labute approximate surface area is 231 Å². The largest absolute Gasteiger partial charge is 0.480 e. The highest BCUT2D eigenvalue weighted by Crippen LogP contribution is 2.38. The molecule has 0 atom stereocenters. The number of furan rings is 1. The van der Waals surface area contributed by atoms with Crippen LogP contribution in [-0.4, -0.2) is 49.0 Å². The molecule has 0 radical (unpaired) electrons. The van der Waals surface area contributed by atoms with Crippen molar-refractivity contribution in [3.8, 4) is 28.7 Å². The molecule has 1 aliphatic rings. The molecule has 6 rings (SSSR count). The van der Waals surface area contributed by atoms with Crippen molar-refractivity contribution in [2.24, 2.45) is 7.05 Å². The number of carbonyl (C=O) groups is 1. The highest BCUT2D eigenvalue weighted by Gasteiger charge is 2.39. The molecular formula is C29H23F3N6O3. The predicted molar refractivity (Wildman–Crippen MR) is 143 cm³/mol. The van der Waals surface area contributed by atoms with Crippen LogP contribution in [0, 0.1) is 0 Å². The molecule has 0 spiro atoms. The van der Waals surface area contributed by atoms with Crippen LogP contribution in [0.5, 0.6) is 5.88 Å². The van der Waals surface area contributed by atoms with E-state index in [1.807, 2.05) is 41.9 Å². The summed E-state index contributed by atoms with van der Waals surface area (Å²) in [5.41, 5.74) is 2.12. The lowest BCUT2D eigenvalue weighted by Crippen LogP contribution is -2.37. The average molecular weight is 561 g/mol. The summed E-state index contributed by atoms with van der Waals surface area (Å²) >= 11 is 0. The first kappa shape index (κ1) is 26.2. The molecule has 4 aromatic heterocycles. The summed E-state index contributed by atoms with van der Waals surface area (Å²) in [4.78, 5) is 31.6. The number of rotatable bonds is 5. The van der Waals surface area contributed by atoms with E-state index in [0.29, 0.717) is 22.5 Å². The van der Waals surface area contributed by atoms with Gasteiger partial charge in [0.2, 0.25) is 11.8 Å². The normalized spacial score (nSPS) is 13.6. The van der Waals surface area contributed by atoms with Crippen molar-refractivity contribution in [2.45, 2.75) is 19.1 Å². The van der Waals surface area contributed by atoms with Crippen LogP contribution >= 0.6 is 0 Å². The number of nitrogens with zero attached hydrogens (tertiary/aromatic N) is 6. The Morgan fingerprint density at radius 2 is 1.90 bits per heavy atom. The fraction of sp³-hybridized carbons (Fsp3) is 0.207. The summed E-state index contributed by atoms with van der Waals surface area (Å²) in [6, 6.07) is 12.7. The molecule has 0 aliphatic carbocycles. The Hall–Kier alpha value is -5.00. The van der Waals surface area contributed by atoms with Crippen molar-refractivity contribution < 1.29 is 27.1 Å². The van der Waals surface area contributed by atoms with Gasteiger partial charge in [-0.15, -0.1) is 0 Å². The number of hydrogen-bond donors (Lipinski definition) is 0. The molecule has 0 unspecified atom stereocenters. The van der Waals surface area contributed by atoms with E-state index in [0.717, 1.165) is 11.3 Å². The topological polar surface area (TPSA) is 99.2 Å². The van der Waals surface area contributed by atoms with Gasteiger partial charge in [0.05, 0.1) is 36.7 Å². The summed E-state index contributed by atoms with van der Waals surface area (Å²) in [6.07, 6.45) is 1.11. The van der Waals surface area contributed by atoms with Crippen LogP contribution in [-0.2, 0) is 31.0 Å². The first-order chi connectivity index (χ1) is 19.8. The highest BCUT2D eigenvalue weighted by atomic mass is 19.4. The van der Waals surface area contributed by atoms with Gasteiger partial charge in [0.15, 0.2) is 17.3 Å². The van der Waals surface area contributed by atoms with E-state index in [2.05, 4.69) is 19.9 Å². The number of methoxy groups -OCH3 is 1. The van der Waals surface area contributed by atoms with E-state index >= 15 is 0 Å². The van der Waals surface area contributed by atoms with Crippen LogP contribution in [0.4, 0.5) is 13.2 Å². The number of fused-ring (bicyclic) bond motifs is 2. The molecule has 0 fully saturated rings. The van der Waals surface area contributed by atoms with E-state index in [9.17, 15) is 18.0 Å². The van der Waals surface area contributed by atoms with Crippen molar-refractivity contribution in [2.75, 3.05) is 13.7 Å². The van der Waals surface area contributed by atoms with E-state index in [4.69, 9.17) is 9.15 Å². The van der Waals surface area contributed by atoms with E-state index < -0.39 is 11.9 Å². The Morgan fingerprint density at radius 1 is 1.10 bits per heavy atom. The lowest BCUT2D eigenvalue weighted by atomic mass is 10.0. The van der Waals surface area contributed by atoms with Gasteiger partial charge in [-0.25, -0.2) is 19.9 Å². The van der Waals surface area contributed by atoms with Crippen LogP contribution in [0.3, 0.4) is 0 Å². The maximum atomic E-state index is 13.9. The first-order valence-electron chi connectivity index (χ1n) is 12.7. The zero-order chi connectivity index (χ0) is 28.7. The van der Waals surface area contributed by atoms with E-state index in [1.54, 1.807) is 12.1 Å². The summed E-state index contributed by atoms with van der Waals surface area (Å²) < 4.78 is 54.3. The zero-order valence-electron chi connectivity index (χ0n) is 22.0. The van der Waals surface area contributed by atoms with Gasteiger partial charge < -0.3 is 18.6 Å². The van der Waals surface area contributed by atoms with Gasteiger partial charge in [-0.05, 0) is 30.2 Å². The number of aryl methyl sites for hydroxylation is 1. The molecule has 0 saturated heterocycles. The number of amides is 1. The van der Waals surface area contributed by atoms with Crippen molar-refractivity contribution in [3.63, 3.8) is 0 Å². The summed E-state index contributed by atoms with van der Waals surface area (Å²) in [7, 11) is 3.38. The Bertz CT molecular complexity index is 1780. The first-order valence-corrected chi connectivity index (χ1v) is 12.7. The maximum absolute atomic E-state index is 13.9. The monoisotopic (exact) mass is 560 g/mol. The van der Waals surface area contributed by atoms with Gasteiger partial charge in [-0.2, -0.15) is 13.2 Å². The second-order valence-corrected chi connectivity index (χ2v) is 9.41. The van der Waals surface area contributed by atoms with Gasteiger partial charge in [-0.3, -0.25) is 4.79 Å². The third-order valence-electron chi connectivity index (χ3n) is 6.99. The zero-order valence-corrected chi connectivity index (χ0v) is 22.0. The minimum Gasteiger partial charge on any atom is -0.480 e. The van der Waals surface area contributed by atoms with Crippen LogP contribution in [0.25, 0.3) is 40.0 Å². The van der Waals surface area contributed by atoms with Gasteiger partial charge in [-0.1, -0.05) is 30.3 Å². The summed E-state index contributed by atoms with van der Waals surface area (Å²) in [6.45, 7) is -0.0262. The maximum Gasteiger partial charge on any atom is 0.433 e. The molecule has 1 aromatic carbocycles. The number of carbonyl (C=O) groups excluding carboxylic acids is 1. The standard InChI is InChI=1S/C29H23F3N6O3/c1-37-24(17-7-4-3-5-8-17)19(23-27(37)33-16-34-28(23)40-2)10-11-22(39)38-13-12-18-20(15-38)35-26(21-9-6-14-41-21)36-25(18)29(30,31)32/h3-11,14,16H,12-13,15H2,1-2H3/b11-10+. The smallest absolute Gasteiger partial charge is 0.433 e. The Balaban J connectivity index is 1.37. The predicted octanol–water partition coefficient (Wildman–Crippen LogP) is 5.31. The molecular weight excluding hydrogens is 537 g/mol. The SMILES string of the molecule is COc1ncnc2c1c(/C=C/C(=O)N1CCc3c(nc(-c4ccco4)nc3C(F)(F)F)C1)c(-c1ccccc1)n2C. The van der Waals surface area contributed by atoms with Gasteiger partial charge in [0, 0.05) is 30.8 Å². The fourth-order valence-electron chi connectivity index (χ4n) is 5.15. The molecule has 9 nitrogen and oxygen atoms in total. The number of aromatic nitrogens is 5. The van der Waals surface area contributed by atoms with Crippen molar-refractivity contribution in [1.29, 1.82) is 0 Å². The van der Waals surface area contributed by atoms with Gasteiger partial charge in [0.1, 0.15) is 12.0 Å². The highest BCUT2D eigenvalue weighted by molar-refractivity contribution is 6.02. The third-order valence-corrected chi connectivity index (χ3v) is 6.99. The molecule has 41 heavy (non-hydrogen) atoms. The molecule has 0 saturated carbocycles. The Kier molecular flexibility index (Phi) is 6.52. The second kappa shape index (κ2) is 10.2. The van der Waals surface area contributed by atoms with E-state index in [-0.39, 0.29) is 48.3 Å². The minimum absolute atomic E-state index is 0.0110. The Morgan fingerprint density at radius 3 is 2.61 bits per heavy atom. The number of alkyl halides is 3. The number of hydrogen-bond acceptors (Lipinski definition) is 7. The molecule has 1 aliphatic heterocycles. The molecule has 0 bridgehead atoms. The van der Waals surface area contributed by atoms with E-state index in [1.165, 1.54) is 36.7 Å². The minimum atomic E-state index is -4.68. The summed E-state index contributed by atoms with van der Waals surface area (Å²) in [5.74, 6) is -0.0914. The third kappa shape index (κ3) is 4.71. The molecule has 0 N–H and O–H groups in total. The van der Waals surface area contributed by atoms with Crippen LogP contribution in [0.2, 0.25) is 0 Å². The van der Waals surface area contributed by atoms with Crippen LogP contribution in [0.1, 0.15) is 22.5 Å². The number of ether oxygens (including phenoxy) is 1. The quantitative estimate of drug-likeness (QED) is 0.269. The van der Waals surface area contributed by atoms with Gasteiger partial charge in [0.25, 0.3) is 0 Å². The lowest BCUT2D eigenvalue weighted by molar-refractivity contribution is -0.142. The fourth-order valence-corrected chi connectivity index (χ4v) is 5.15. The lowest BCUT2D eigenvalue weighted by Gasteiger charge is -2.29. The molecule has 12 heteroatoms. The number of benzene rings is 1. The van der Waals surface area contributed by atoms with Crippen LogP contribution < -0.4 is 4.74 Å². The second-order valence-electron chi connectivity index (χ2n) is 9.41. The molecule has 208 valence electrons. The van der Waals surface area contributed by atoms with Crippen molar-refractivity contribution in [3.05, 3.63) is 83.6 Å². The molecule has 1 amide bonds. The average Bonchev–Trinajstić information content (AvgIpc) is 3.62. The van der Waals surface area contributed by atoms with Gasteiger partial charge >= 0.3 is 6.18 Å². The van der Waals surface area contributed by atoms with Crippen molar-refractivity contribution >= 4 is 23.0 Å².